The van der Waals surface area contributed by atoms with Crippen LogP contribution in [0.4, 0.5) is 0 Å². The third-order valence-electron chi connectivity index (χ3n) is 3.69. The first-order valence-electron chi connectivity index (χ1n) is 6.22. The van der Waals surface area contributed by atoms with Crippen LogP contribution >= 0.6 is 0 Å². The van der Waals surface area contributed by atoms with Gasteiger partial charge in [-0.15, -0.1) is 0 Å². The first-order chi connectivity index (χ1) is 7.63. The number of hydrogen-bond donors (Lipinski definition) is 1. The lowest BCUT2D eigenvalue weighted by Gasteiger charge is -2.34. The van der Waals surface area contributed by atoms with Gasteiger partial charge >= 0.3 is 0 Å². The van der Waals surface area contributed by atoms with Gasteiger partial charge in [0.1, 0.15) is 12.2 Å². The molecule has 16 heavy (non-hydrogen) atoms. The Morgan fingerprint density at radius 2 is 2.19 bits per heavy atom. The molecular formula is C12H21N3O. The maximum Gasteiger partial charge on any atom is 0.138 e. The quantitative estimate of drug-likeness (QED) is 0.849. The van der Waals surface area contributed by atoms with E-state index in [1.54, 1.807) is 6.33 Å². The van der Waals surface area contributed by atoms with Crippen LogP contribution in [0.2, 0.25) is 0 Å². The van der Waals surface area contributed by atoms with E-state index >= 15 is 0 Å². The Labute approximate surface area is 96.7 Å². The van der Waals surface area contributed by atoms with Gasteiger partial charge in [0.15, 0.2) is 0 Å². The lowest BCUT2D eigenvalue weighted by Crippen LogP contribution is -2.36. The number of hydrogen-bond acceptors (Lipinski definition) is 3. The predicted molar refractivity (Wildman–Crippen MR) is 62.0 cm³/mol. The molecule has 1 aromatic rings. The molecule has 2 rings (SSSR count). The van der Waals surface area contributed by atoms with Gasteiger partial charge in [-0.3, -0.25) is 4.68 Å². The summed E-state index contributed by atoms with van der Waals surface area (Å²) in [5.41, 5.74) is -0.549. The lowest BCUT2D eigenvalue weighted by molar-refractivity contribution is -0.00907. The first kappa shape index (κ1) is 11.6. The highest BCUT2D eigenvalue weighted by Gasteiger charge is 2.33. The predicted octanol–water partition coefficient (Wildman–Crippen LogP) is 1.78. The van der Waals surface area contributed by atoms with Crippen molar-refractivity contribution in [1.82, 2.24) is 14.8 Å². The van der Waals surface area contributed by atoms with Crippen molar-refractivity contribution in [2.24, 2.45) is 5.92 Å². The molecule has 0 unspecified atom stereocenters. The van der Waals surface area contributed by atoms with Crippen LogP contribution in [-0.2, 0) is 13.0 Å². The Hall–Kier alpha value is -0.900. The van der Waals surface area contributed by atoms with Crippen molar-refractivity contribution < 1.29 is 5.11 Å². The molecular weight excluding hydrogens is 202 g/mol. The fourth-order valence-electron chi connectivity index (χ4n) is 2.46. The first-order valence-corrected chi connectivity index (χ1v) is 6.22. The smallest absolute Gasteiger partial charge is 0.138 e. The Kier molecular flexibility index (Phi) is 3.28. The molecule has 1 heterocycles. The van der Waals surface area contributed by atoms with Gasteiger partial charge in [-0.05, 0) is 38.5 Å². The summed E-state index contributed by atoms with van der Waals surface area (Å²) >= 11 is 0. The van der Waals surface area contributed by atoms with Crippen LogP contribution < -0.4 is 0 Å². The van der Waals surface area contributed by atoms with Gasteiger partial charge in [0, 0.05) is 13.0 Å². The van der Waals surface area contributed by atoms with Gasteiger partial charge in [0.25, 0.3) is 0 Å². The Morgan fingerprint density at radius 1 is 1.50 bits per heavy atom. The minimum Gasteiger partial charge on any atom is -0.389 e. The largest absolute Gasteiger partial charge is 0.389 e. The van der Waals surface area contributed by atoms with Crippen LogP contribution in [-0.4, -0.2) is 25.5 Å². The number of nitrogens with zero attached hydrogens (tertiary/aromatic N) is 3. The summed E-state index contributed by atoms with van der Waals surface area (Å²) < 4.78 is 1.87. The Bertz CT molecular complexity index is 340. The third kappa shape index (κ3) is 2.43. The van der Waals surface area contributed by atoms with E-state index in [-0.39, 0.29) is 0 Å². The summed E-state index contributed by atoms with van der Waals surface area (Å²) in [5, 5.41) is 14.6. The van der Waals surface area contributed by atoms with Gasteiger partial charge in [-0.25, -0.2) is 4.98 Å². The molecule has 4 nitrogen and oxygen atoms in total. The molecule has 0 saturated heterocycles. The van der Waals surface area contributed by atoms with Crippen LogP contribution in [0.1, 0.15) is 45.4 Å². The monoisotopic (exact) mass is 223 g/mol. The highest BCUT2D eigenvalue weighted by atomic mass is 16.3. The van der Waals surface area contributed by atoms with Gasteiger partial charge in [-0.1, -0.05) is 6.92 Å². The molecule has 1 aliphatic rings. The van der Waals surface area contributed by atoms with E-state index in [9.17, 15) is 5.11 Å². The molecule has 0 spiro atoms. The Morgan fingerprint density at radius 3 is 2.81 bits per heavy atom. The van der Waals surface area contributed by atoms with Gasteiger partial charge < -0.3 is 5.11 Å². The van der Waals surface area contributed by atoms with Crippen LogP contribution in [0.5, 0.6) is 0 Å². The average Bonchev–Trinajstić information content (AvgIpc) is 2.70. The zero-order chi connectivity index (χ0) is 11.6. The van der Waals surface area contributed by atoms with E-state index in [0.717, 1.165) is 44.0 Å². The van der Waals surface area contributed by atoms with Crippen LogP contribution in [0.3, 0.4) is 0 Å². The van der Waals surface area contributed by atoms with Gasteiger partial charge in [0.2, 0.25) is 0 Å². The number of aryl methyl sites for hydroxylation is 1. The molecule has 1 fully saturated rings. The number of rotatable bonds is 3. The van der Waals surface area contributed by atoms with Crippen LogP contribution in [0, 0.1) is 5.92 Å². The molecule has 1 N–H and O–H groups in total. The molecule has 1 aromatic heterocycles. The van der Waals surface area contributed by atoms with E-state index < -0.39 is 5.60 Å². The van der Waals surface area contributed by atoms with Crippen LogP contribution in [0.15, 0.2) is 6.33 Å². The van der Waals surface area contributed by atoms with E-state index in [0.29, 0.717) is 6.42 Å². The molecule has 4 heteroatoms. The number of aromatic nitrogens is 3. The summed E-state index contributed by atoms with van der Waals surface area (Å²) in [6.07, 6.45) is 6.25. The second-order valence-corrected chi connectivity index (χ2v) is 5.08. The minimum absolute atomic E-state index is 0.549. The van der Waals surface area contributed by atoms with Gasteiger partial charge in [0.05, 0.1) is 5.60 Å². The van der Waals surface area contributed by atoms with Crippen molar-refractivity contribution in [1.29, 1.82) is 0 Å². The fraction of sp³-hybridized carbons (Fsp3) is 0.833. The second-order valence-electron chi connectivity index (χ2n) is 5.08. The SMILES string of the molecule is CCn1ncnc1CC1(O)CCC(C)CC1. The van der Waals surface area contributed by atoms with Crippen LogP contribution in [0.25, 0.3) is 0 Å². The average molecular weight is 223 g/mol. The summed E-state index contributed by atoms with van der Waals surface area (Å²) in [6.45, 7) is 5.13. The molecule has 0 bridgehead atoms. The number of aliphatic hydroxyl groups is 1. The standard InChI is InChI=1S/C12H21N3O/c1-3-15-11(13-9-14-15)8-12(16)6-4-10(2)5-7-12/h9-10,16H,3-8H2,1-2H3. The fourth-order valence-corrected chi connectivity index (χ4v) is 2.46. The third-order valence-corrected chi connectivity index (χ3v) is 3.69. The topological polar surface area (TPSA) is 50.9 Å². The van der Waals surface area contributed by atoms with E-state index in [1.165, 1.54) is 0 Å². The summed E-state index contributed by atoms with van der Waals surface area (Å²) in [4.78, 5) is 4.24. The highest BCUT2D eigenvalue weighted by molar-refractivity contribution is 4.96. The lowest BCUT2D eigenvalue weighted by atomic mass is 9.78. The van der Waals surface area contributed by atoms with Crippen molar-refractivity contribution >= 4 is 0 Å². The second kappa shape index (κ2) is 4.53. The zero-order valence-electron chi connectivity index (χ0n) is 10.2. The van der Waals surface area contributed by atoms with Crippen molar-refractivity contribution in [2.45, 2.75) is 58.1 Å². The Balaban J connectivity index is 2.03. The molecule has 0 atom stereocenters. The molecule has 0 aromatic carbocycles. The van der Waals surface area contributed by atoms with Crippen molar-refractivity contribution in [2.75, 3.05) is 0 Å². The maximum atomic E-state index is 10.5. The summed E-state index contributed by atoms with van der Waals surface area (Å²) in [5.74, 6) is 1.67. The summed E-state index contributed by atoms with van der Waals surface area (Å²) in [7, 11) is 0. The van der Waals surface area contributed by atoms with Gasteiger partial charge in [-0.2, -0.15) is 5.10 Å². The normalized spacial score (nSPS) is 30.6. The molecule has 1 aliphatic carbocycles. The zero-order valence-corrected chi connectivity index (χ0v) is 10.2. The molecule has 1 saturated carbocycles. The van der Waals surface area contributed by atoms with Crippen molar-refractivity contribution in [3.05, 3.63) is 12.2 Å². The van der Waals surface area contributed by atoms with E-state index in [4.69, 9.17) is 0 Å². The summed E-state index contributed by atoms with van der Waals surface area (Å²) in [6, 6.07) is 0. The van der Waals surface area contributed by atoms with E-state index in [1.807, 2.05) is 11.6 Å². The van der Waals surface area contributed by atoms with Crippen molar-refractivity contribution in [3.8, 4) is 0 Å². The highest BCUT2D eigenvalue weighted by Crippen LogP contribution is 2.33. The molecule has 0 amide bonds. The van der Waals surface area contributed by atoms with Crippen molar-refractivity contribution in [3.63, 3.8) is 0 Å². The molecule has 90 valence electrons. The maximum absolute atomic E-state index is 10.5. The molecule has 0 radical (unpaired) electrons. The minimum atomic E-state index is -0.549. The van der Waals surface area contributed by atoms with E-state index in [2.05, 4.69) is 17.0 Å². The molecule has 0 aliphatic heterocycles.